The number of ether oxygens (including phenoxy) is 1. The van der Waals surface area contributed by atoms with Crippen LogP contribution in [-0.4, -0.2) is 62.4 Å². The van der Waals surface area contributed by atoms with E-state index >= 15 is 0 Å². The minimum Gasteiger partial charge on any atom is -0.398 e. The molecule has 3 aromatic heterocycles. The predicted octanol–water partition coefficient (Wildman–Crippen LogP) is 4.04. The molecule has 4 heterocycles. The lowest BCUT2D eigenvalue weighted by Gasteiger charge is -2.26. The highest BCUT2D eigenvalue weighted by atomic mass is 16.5. The van der Waals surface area contributed by atoms with Crippen LogP contribution in [-0.2, 0) is 17.7 Å². The number of hydrogen-bond donors (Lipinski definition) is 2. The molecule has 0 amide bonds. The van der Waals surface area contributed by atoms with Gasteiger partial charge >= 0.3 is 0 Å². The van der Waals surface area contributed by atoms with Gasteiger partial charge in [-0.15, -0.1) is 0 Å². The molecular weight excluding hydrogens is 520 g/mol. The lowest BCUT2D eigenvalue weighted by molar-refractivity contribution is 0.0384. The molecule has 0 unspecified atom stereocenters. The second-order valence-corrected chi connectivity index (χ2v) is 10.0. The third-order valence-electron chi connectivity index (χ3n) is 7.30. The zero-order valence-corrected chi connectivity index (χ0v) is 23.1. The van der Waals surface area contributed by atoms with Crippen molar-refractivity contribution in [1.29, 1.82) is 0 Å². The predicted molar refractivity (Wildman–Crippen MR) is 158 cm³/mol. The van der Waals surface area contributed by atoms with E-state index in [0.29, 0.717) is 52.2 Å². The first-order valence-corrected chi connectivity index (χ1v) is 13.8. The van der Waals surface area contributed by atoms with Crippen molar-refractivity contribution in [3.05, 3.63) is 76.5 Å². The third kappa shape index (κ3) is 5.67. The fourth-order valence-corrected chi connectivity index (χ4v) is 5.06. The number of nitrogens with zero attached hydrogens (tertiary/aromatic N) is 6. The summed E-state index contributed by atoms with van der Waals surface area (Å²) in [6.45, 7) is 8.71. The van der Waals surface area contributed by atoms with Crippen molar-refractivity contribution < 1.29 is 9.26 Å². The molecule has 41 heavy (non-hydrogen) atoms. The summed E-state index contributed by atoms with van der Waals surface area (Å²) in [6, 6.07) is 15.5. The Morgan fingerprint density at radius 2 is 1.83 bits per heavy atom. The third-order valence-corrected chi connectivity index (χ3v) is 7.30. The van der Waals surface area contributed by atoms with Crippen molar-refractivity contribution in [2.24, 2.45) is 0 Å². The molecule has 11 nitrogen and oxygen atoms in total. The van der Waals surface area contributed by atoms with Gasteiger partial charge in [-0.25, -0.2) is 4.98 Å². The van der Waals surface area contributed by atoms with Crippen LogP contribution in [0.15, 0.2) is 64.0 Å². The maximum Gasteiger partial charge on any atom is 0.260 e. The molecule has 0 spiro atoms. The van der Waals surface area contributed by atoms with Gasteiger partial charge in [-0.2, -0.15) is 9.97 Å². The molecule has 3 N–H and O–H groups in total. The van der Waals surface area contributed by atoms with Gasteiger partial charge in [0.1, 0.15) is 5.65 Å². The summed E-state index contributed by atoms with van der Waals surface area (Å²) < 4.78 is 12.1. The van der Waals surface area contributed by atoms with Gasteiger partial charge in [0.05, 0.1) is 18.8 Å². The van der Waals surface area contributed by atoms with E-state index in [0.717, 1.165) is 50.3 Å². The molecule has 0 bridgehead atoms. The molecule has 1 fully saturated rings. The topological polar surface area (TPSA) is 137 Å². The van der Waals surface area contributed by atoms with Crippen molar-refractivity contribution in [1.82, 2.24) is 29.6 Å². The van der Waals surface area contributed by atoms with Gasteiger partial charge in [0.25, 0.3) is 5.56 Å². The van der Waals surface area contributed by atoms with Gasteiger partial charge in [-0.3, -0.25) is 14.3 Å². The summed E-state index contributed by atoms with van der Waals surface area (Å²) in [7, 11) is 0. The Hall–Kier alpha value is -4.61. The van der Waals surface area contributed by atoms with E-state index in [1.54, 1.807) is 35.9 Å². The number of aromatic nitrogens is 5. The number of nitrogen functional groups attached to an aromatic ring is 1. The van der Waals surface area contributed by atoms with Crippen molar-refractivity contribution >= 4 is 28.4 Å². The molecule has 0 atom stereocenters. The molecule has 0 aliphatic carbocycles. The average molecular weight is 553 g/mol. The van der Waals surface area contributed by atoms with Gasteiger partial charge in [0, 0.05) is 67.2 Å². The zero-order chi connectivity index (χ0) is 28.3. The second kappa shape index (κ2) is 11.5. The van der Waals surface area contributed by atoms with E-state index in [4.69, 9.17) is 20.0 Å². The number of hydrogen-bond acceptors (Lipinski definition) is 10. The van der Waals surface area contributed by atoms with E-state index in [1.807, 2.05) is 25.1 Å². The Balaban J connectivity index is 1.23. The van der Waals surface area contributed by atoms with Crippen molar-refractivity contribution in [3.63, 3.8) is 0 Å². The van der Waals surface area contributed by atoms with Crippen LogP contribution in [0.5, 0.6) is 0 Å². The fourth-order valence-electron chi connectivity index (χ4n) is 5.06. The fraction of sp³-hybridized carbons (Fsp3) is 0.300. The standard InChI is InChI=1S/C30H32N8O3/c1-3-38-28-22(16-25(29(38)39)24-9-6-21(17-26(24)31)27-33-19(2)41-36-27)18-32-30(35-28)34-23-7-4-20(5-8-23)10-11-37-12-14-40-15-13-37/h4-9,16-18H,3,10-15,31H2,1-2H3,(H,32,34,35). The number of morpholine rings is 1. The Morgan fingerprint density at radius 3 is 2.54 bits per heavy atom. The monoisotopic (exact) mass is 552 g/mol. The number of fused-ring (bicyclic) bond motifs is 1. The smallest absolute Gasteiger partial charge is 0.260 e. The number of benzene rings is 2. The molecule has 210 valence electrons. The lowest BCUT2D eigenvalue weighted by atomic mass is 10.0. The van der Waals surface area contributed by atoms with E-state index in [-0.39, 0.29) is 5.56 Å². The first-order valence-electron chi connectivity index (χ1n) is 13.8. The maximum absolute atomic E-state index is 13.6. The summed E-state index contributed by atoms with van der Waals surface area (Å²) in [5.74, 6) is 1.34. The number of pyridine rings is 1. The van der Waals surface area contributed by atoms with Gasteiger partial charge in [0.15, 0.2) is 0 Å². The molecule has 1 aliphatic rings. The summed E-state index contributed by atoms with van der Waals surface area (Å²) in [5, 5.41) is 7.96. The highest BCUT2D eigenvalue weighted by Gasteiger charge is 2.16. The van der Waals surface area contributed by atoms with E-state index in [1.165, 1.54) is 5.56 Å². The first-order chi connectivity index (χ1) is 20.0. The van der Waals surface area contributed by atoms with Crippen LogP contribution >= 0.6 is 0 Å². The van der Waals surface area contributed by atoms with E-state index in [2.05, 4.69) is 37.5 Å². The van der Waals surface area contributed by atoms with Gasteiger partial charge < -0.3 is 20.3 Å². The minimum absolute atomic E-state index is 0.177. The quantitative estimate of drug-likeness (QED) is 0.271. The maximum atomic E-state index is 13.6. The Morgan fingerprint density at radius 1 is 1.02 bits per heavy atom. The largest absolute Gasteiger partial charge is 0.398 e. The van der Waals surface area contributed by atoms with Crippen LogP contribution in [0.3, 0.4) is 0 Å². The molecule has 11 heteroatoms. The van der Waals surface area contributed by atoms with Crippen LogP contribution < -0.4 is 16.6 Å². The van der Waals surface area contributed by atoms with E-state index in [9.17, 15) is 4.79 Å². The summed E-state index contributed by atoms with van der Waals surface area (Å²) in [4.78, 5) is 29.5. The van der Waals surface area contributed by atoms with Gasteiger partial charge in [-0.1, -0.05) is 29.4 Å². The molecule has 5 aromatic rings. The van der Waals surface area contributed by atoms with Crippen LogP contribution in [0.2, 0.25) is 0 Å². The highest BCUT2D eigenvalue weighted by molar-refractivity contribution is 5.86. The second-order valence-electron chi connectivity index (χ2n) is 10.0. The molecule has 6 rings (SSSR count). The van der Waals surface area contributed by atoms with Crippen LogP contribution in [0.25, 0.3) is 33.5 Å². The summed E-state index contributed by atoms with van der Waals surface area (Å²) in [6.07, 6.45) is 2.71. The average Bonchev–Trinajstić information content (AvgIpc) is 3.43. The van der Waals surface area contributed by atoms with E-state index < -0.39 is 0 Å². The number of nitrogens with two attached hydrogens (primary N) is 1. The Bertz CT molecular complexity index is 1740. The molecule has 2 aromatic carbocycles. The SMILES string of the molecule is CCn1c(=O)c(-c2ccc(-c3noc(C)n3)cc2N)cc2cnc(Nc3ccc(CCN4CCOCC4)cc3)nc21. The van der Waals surface area contributed by atoms with Crippen LogP contribution in [0, 0.1) is 6.92 Å². The van der Waals surface area contributed by atoms with Gasteiger partial charge in [0.2, 0.25) is 17.7 Å². The number of aryl methyl sites for hydroxylation is 2. The number of nitrogens with one attached hydrogen (secondary N) is 1. The zero-order valence-electron chi connectivity index (χ0n) is 23.1. The molecule has 1 saturated heterocycles. The Kier molecular flexibility index (Phi) is 7.45. The summed E-state index contributed by atoms with van der Waals surface area (Å²) >= 11 is 0. The lowest BCUT2D eigenvalue weighted by Crippen LogP contribution is -2.37. The molecular formula is C30H32N8O3. The highest BCUT2D eigenvalue weighted by Crippen LogP contribution is 2.30. The van der Waals surface area contributed by atoms with Crippen molar-refractivity contribution in [3.8, 4) is 22.5 Å². The molecule has 1 aliphatic heterocycles. The Labute approximate surface area is 237 Å². The van der Waals surface area contributed by atoms with Crippen molar-refractivity contribution in [2.45, 2.75) is 26.8 Å². The molecule has 0 radical (unpaired) electrons. The number of anilines is 3. The molecule has 0 saturated carbocycles. The van der Waals surface area contributed by atoms with Crippen LogP contribution in [0.1, 0.15) is 18.4 Å². The summed E-state index contributed by atoms with van der Waals surface area (Å²) in [5.41, 5.74) is 11.2. The normalized spacial score (nSPS) is 14.0. The van der Waals surface area contributed by atoms with Crippen LogP contribution in [0.4, 0.5) is 17.3 Å². The minimum atomic E-state index is -0.177. The number of rotatable bonds is 8. The van der Waals surface area contributed by atoms with Crippen molar-refractivity contribution in [2.75, 3.05) is 43.9 Å². The van der Waals surface area contributed by atoms with Gasteiger partial charge in [-0.05, 0) is 43.2 Å². The first kappa shape index (κ1) is 26.6.